The van der Waals surface area contributed by atoms with Crippen molar-refractivity contribution in [2.75, 3.05) is 26.0 Å². The molecule has 0 spiro atoms. The molecule has 0 radical (unpaired) electrons. The van der Waals surface area contributed by atoms with Gasteiger partial charge < -0.3 is 15.8 Å². The molecule has 22 heavy (non-hydrogen) atoms. The van der Waals surface area contributed by atoms with E-state index in [4.69, 9.17) is 10.5 Å². The van der Waals surface area contributed by atoms with Crippen LogP contribution in [0.15, 0.2) is 30.3 Å². The maximum Gasteiger partial charge on any atom is 0.224 e. The summed E-state index contributed by atoms with van der Waals surface area (Å²) in [5, 5.41) is 3.10. The number of carbonyl (C=O) groups excluding carboxylic acids is 1. The Morgan fingerprint density at radius 2 is 2.00 bits per heavy atom. The third-order valence-corrected chi connectivity index (χ3v) is 5.98. The summed E-state index contributed by atoms with van der Waals surface area (Å²) in [5.41, 5.74) is 7.22. The van der Waals surface area contributed by atoms with Gasteiger partial charge >= 0.3 is 0 Å². The van der Waals surface area contributed by atoms with Crippen LogP contribution in [0, 0.1) is 5.92 Å². The maximum absolute atomic E-state index is 12.4. The van der Waals surface area contributed by atoms with Gasteiger partial charge in [-0.1, -0.05) is 37.3 Å². The first-order chi connectivity index (χ1) is 10.6. The molecule has 1 heterocycles. The number of thioether (sulfide) groups is 1. The summed E-state index contributed by atoms with van der Waals surface area (Å²) >= 11 is 1.83. The zero-order chi connectivity index (χ0) is 16.0. The number of ether oxygens (including phenoxy) is 1. The van der Waals surface area contributed by atoms with E-state index in [2.05, 4.69) is 11.6 Å². The highest BCUT2D eigenvalue weighted by Crippen LogP contribution is 2.33. The molecule has 2 unspecified atom stereocenters. The Balaban J connectivity index is 1.91. The third-order valence-electron chi connectivity index (χ3n) is 4.56. The summed E-state index contributed by atoms with van der Waals surface area (Å²) in [7, 11) is 0. The van der Waals surface area contributed by atoms with Gasteiger partial charge in [-0.3, -0.25) is 4.79 Å². The van der Waals surface area contributed by atoms with Gasteiger partial charge in [-0.15, -0.1) is 0 Å². The zero-order valence-corrected chi connectivity index (χ0v) is 14.2. The van der Waals surface area contributed by atoms with Gasteiger partial charge in [-0.05, 0) is 24.7 Å². The van der Waals surface area contributed by atoms with Crippen molar-refractivity contribution < 1.29 is 9.53 Å². The summed E-state index contributed by atoms with van der Waals surface area (Å²) in [4.78, 5) is 12.4. The topological polar surface area (TPSA) is 64.4 Å². The van der Waals surface area contributed by atoms with Gasteiger partial charge in [0.15, 0.2) is 0 Å². The highest BCUT2D eigenvalue weighted by molar-refractivity contribution is 8.00. The summed E-state index contributed by atoms with van der Waals surface area (Å²) in [6.07, 6.45) is 4.07. The van der Waals surface area contributed by atoms with Crippen molar-refractivity contribution in [3.63, 3.8) is 0 Å². The second-order valence-electron chi connectivity index (χ2n) is 5.94. The maximum atomic E-state index is 12.4. The molecule has 1 aliphatic rings. The molecular formula is C17H26N2O2S. The summed E-state index contributed by atoms with van der Waals surface area (Å²) < 4.78 is 5.53. The Labute approximate surface area is 137 Å². The minimum atomic E-state index is -0.277. The van der Waals surface area contributed by atoms with Crippen LogP contribution in [0.1, 0.15) is 31.4 Å². The van der Waals surface area contributed by atoms with E-state index in [1.54, 1.807) is 0 Å². The van der Waals surface area contributed by atoms with E-state index in [1.807, 2.05) is 49.0 Å². The van der Waals surface area contributed by atoms with Crippen molar-refractivity contribution in [2.45, 2.75) is 30.6 Å². The van der Waals surface area contributed by atoms with Crippen LogP contribution in [-0.4, -0.2) is 36.7 Å². The molecule has 1 aromatic rings. The number of nitrogens with one attached hydrogen (secondary N) is 1. The molecule has 2 rings (SSSR count). The molecule has 1 saturated heterocycles. The highest BCUT2D eigenvalue weighted by Gasteiger charge is 2.33. The highest BCUT2D eigenvalue weighted by atomic mass is 32.2. The van der Waals surface area contributed by atoms with Gasteiger partial charge in [-0.25, -0.2) is 0 Å². The molecule has 0 bridgehead atoms. The second-order valence-corrected chi connectivity index (χ2v) is 7.22. The fourth-order valence-electron chi connectivity index (χ4n) is 2.73. The Morgan fingerprint density at radius 1 is 1.36 bits per heavy atom. The fraction of sp³-hybridized carbons (Fsp3) is 0.588. The number of benzene rings is 1. The molecule has 1 aliphatic heterocycles. The molecule has 5 heteroatoms. The molecule has 2 atom stereocenters. The summed E-state index contributed by atoms with van der Waals surface area (Å²) in [6.45, 7) is 4.12. The van der Waals surface area contributed by atoms with Crippen LogP contribution >= 0.6 is 11.8 Å². The molecule has 0 aromatic heterocycles. The smallest absolute Gasteiger partial charge is 0.224 e. The van der Waals surface area contributed by atoms with E-state index >= 15 is 0 Å². The van der Waals surface area contributed by atoms with Crippen molar-refractivity contribution in [1.29, 1.82) is 0 Å². The summed E-state index contributed by atoms with van der Waals surface area (Å²) in [5.74, 6) is -0.225. The number of hydrogen-bond acceptors (Lipinski definition) is 4. The molecule has 1 amide bonds. The van der Waals surface area contributed by atoms with Gasteiger partial charge in [-0.2, -0.15) is 11.8 Å². The Bertz CT molecular complexity index is 475. The lowest BCUT2D eigenvalue weighted by molar-refractivity contribution is -0.125. The molecule has 122 valence electrons. The molecule has 1 fully saturated rings. The number of nitrogens with two attached hydrogens (primary N) is 1. The van der Waals surface area contributed by atoms with Crippen molar-refractivity contribution in [1.82, 2.24) is 5.32 Å². The van der Waals surface area contributed by atoms with E-state index in [1.165, 1.54) is 0 Å². The average molecular weight is 322 g/mol. The normalized spacial score (nSPS) is 20.1. The van der Waals surface area contributed by atoms with E-state index in [9.17, 15) is 4.79 Å². The molecule has 3 N–H and O–H groups in total. The third kappa shape index (κ3) is 4.24. The van der Waals surface area contributed by atoms with Crippen LogP contribution in [0.3, 0.4) is 0 Å². The van der Waals surface area contributed by atoms with Crippen LogP contribution < -0.4 is 11.1 Å². The monoisotopic (exact) mass is 322 g/mol. The molecule has 0 aliphatic carbocycles. The molecule has 4 nitrogen and oxygen atoms in total. The van der Waals surface area contributed by atoms with E-state index in [0.717, 1.165) is 31.6 Å². The minimum absolute atomic E-state index is 0.0243. The molecule has 0 saturated carbocycles. The Morgan fingerprint density at radius 3 is 2.59 bits per heavy atom. The molecular weight excluding hydrogens is 296 g/mol. The first-order valence-electron chi connectivity index (χ1n) is 7.79. The molecule has 1 aromatic carbocycles. The summed E-state index contributed by atoms with van der Waals surface area (Å²) in [6, 6.07) is 9.51. The van der Waals surface area contributed by atoms with Crippen molar-refractivity contribution in [3.05, 3.63) is 35.9 Å². The number of hydrogen-bond donors (Lipinski definition) is 2. The standard InChI is InChI=1S/C17H26N2O2S/c1-13(15(18)14-6-4-3-5-7-14)16(20)19-12-17(22-2)8-10-21-11-9-17/h3-7,13,15H,8-12,18H2,1-2H3,(H,19,20). The van der Waals surface area contributed by atoms with E-state index in [0.29, 0.717) is 6.54 Å². The number of carbonyl (C=O) groups is 1. The second kappa shape index (κ2) is 7.99. The zero-order valence-electron chi connectivity index (χ0n) is 13.4. The quantitative estimate of drug-likeness (QED) is 0.844. The number of rotatable bonds is 6. The number of amides is 1. The van der Waals surface area contributed by atoms with Crippen LogP contribution in [-0.2, 0) is 9.53 Å². The van der Waals surface area contributed by atoms with Crippen molar-refractivity contribution in [2.24, 2.45) is 11.7 Å². The average Bonchev–Trinajstić information content (AvgIpc) is 2.60. The largest absolute Gasteiger partial charge is 0.381 e. The Hall–Kier alpha value is -1.04. The van der Waals surface area contributed by atoms with Gasteiger partial charge in [0.25, 0.3) is 0 Å². The minimum Gasteiger partial charge on any atom is -0.381 e. The van der Waals surface area contributed by atoms with Crippen LogP contribution in [0.5, 0.6) is 0 Å². The van der Waals surface area contributed by atoms with Gasteiger partial charge in [0.2, 0.25) is 5.91 Å². The fourth-order valence-corrected chi connectivity index (χ4v) is 3.52. The lowest BCUT2D eigenvalue weighted by Crippen LogP contribution is -2.46. The van der Waals surface area contributed by atoms with Crippen LogP contribution in [0.4, 0.5) is 0 Å². The Kier molecular flexibility index (Phi) is 6.29. The van der Waals surface area contributed by atoms with Gasteiger partial charge in [0.1, 0.15) is 0 Å². The predicted octanol–water partition coefficient (Wildman–Crippen LogP) is 2.35. The first-order valence-corrected chi connectivity index (χ1v) is 9.01. The van der Waals surface area contributed by atoms with Crippen molar-refractivity contribution in [3.8, 4) is 0 Å². The first kappa shape index (κ1) is 17.3. The lowest BCUT2D eigenvalue weighted by atomic mass is 9.94. The van der Waals surface area contributed by atoms with E-state index < -0.39 is 0 Å². The SMILES string of the molecule is CSC1(CNC(=O)C(C)C(N)c2ccccc2)CCOCC1. The lowest BCUT2D eigenvalue weighted by Gasteiger charge is -2.36. The van der Waals surface area contributed by atoms with Crippen LogP contribution in [0.25, 0.3) is 0 Å². The van der Waals surface area contributed by atoms with Gasteiger partial charge in [0, 0.05) is 30.5 Å². The van der Waals surface area contributed by atoms with Gasteiger partial charge in [0.05, 0.1) is 5.92 Å². The van der Waals surface area contributed by atoms with E-state index in [-0.39, 0.29) is 22.6 Å². The van der Waals surface area contributed by atoms with Crippen LogP contribution in [0.2, 0.25) is 0 Å². The van der Waals surface area contributed by atoms with Crippen molar-refractivity contribution >= 4 is 17.7 Å². The predicted molar refractivity (Wildman–Crippen MR) is 91.8 cm³/mol.